The third-order valence-electron chi connectivity index (χ3n) is 3.38. The van der Waals surface area contributed by atoms with Gasteiger partial charge in [0.15, 0.2) is 5.76 Å². The molecule has 2 heterocycles. The van der Waals surface area contributed by atoms with Crippen molar-refractivity contribution < 1.29 is 9.21 Å². The standard InChI is InChI=1S/C17H17N3O2/c21-17(15-7-4-12-22-15)19-9-8-16-18-10-11-20(16)13-14-5-2-1-3-6-14/h1-7,10-12H,8-9,13H2,(H,19,21). The molecule has 3 rings (SSSR count). The van der Waals surface area contributed by atoms with Crippen LogP contribution in [0.4, 0.5) is 0 Å². The monoisotopic (exact) mass is 295 g/mol. The van der Waals surface area contributed by atoms with Gasteiger partial charge in [-0.1, -0.05) is 30.3 Å². The number of amides is 1. The summed E-state index contributed by atoms with van der Waals surface area (Å²) in [5, 5.41) is 2.83. The van der Waals surface area contributed by atoms with Crippen LogP contribution >= 0.6 is 0 Å². The predicted molar refractivity (Wildman–Crippen MR) is 82.5 cm³/mol. The van der Waals surface area contributed by atoms with Crippen LogP contribution in [0, 0.1) is 0 Å². The largest absolute Gasteiger partial charge is 0.459 e. The molecule has 1 N–H and O–H groups in total. The lowest BCUT2D eigenvalue weighted by Gasteiger charge is -2.08. The number of rotatable bonds is 6. The second kappa shape index (κ2) is 6.76. The van der Waals surface area contributed by atoms with Crippen LogP contribution in [0.15, 0.2) is 65.5 Å². The number of benzene rings is 1. The van der Waals surface area contributed by atoms with Gasteiger partial charge >= 0.3 is 0 Å². The van der Waals surface area contributed by atoms with Crippen LogP contribution in [-0.4, -0.2) is 22.0 Å². The van der Waals surface area contributed by atoms with Crippen molar-refractivity contribution in [1.82, 2.24) is 14.9 Å². The lowest BCUT2D eigenvalue weighted by molar-refractivity contribution is 0.0926. The van der Waals surface area contributed by atoms with Crippen molar-refractivity contribution in [3.63, 3.8) is 0 Å². The SMILES string of the molecule is O=C(NCCc1nccn1Cc1ccccc1)c1ccco1. The lowest BCUT2D eigenvalue weighted by atomic mass is 10.2. The molecular weight excluding hydrogens is 278 g/mol. The zero-order valence-corrected chi connectivity index (χ0v) is 12.1. The Hall–Kier alpha value is -2.82. The Morgan fingerprint density at radius 3 is 2.82 bits per heavy atom. The van der Waals surface area contributed by atoms with E-state index in [-0.39, 0.29) is 5.91 Å². The van der Waals surface area contributed by atoms with Crippen LogP contribution in [0.3, 0.4) is 0 Å². The minimum atomic E-state index is -0.203. The van der Waals surface area contributed by atoms with Crippen molar-refractivity contribution in [2.75, 3.05) is 6.54 Å². The van der Waals surface area contributed by atoms with E-state index >= 15 is 0 Å². The maximum Gasteiger partial charge on any atom is 0.286 e. The summed E-state index contributed by atoms with van der Waals surface area (Å²) in [7, 11) is 0. The Balaban J connectivity index is 1.55. The first-order valence-corrected chi connectivity index (χ1v) is 7.18. The van der Waals surface area contributed by atoms with Crippen LogP contribution in [0.25, 0.3) is 0 Å². The van der Waals surface area contributed by atoms with Crippen molar-refractivity contribution in [3.8, 4) is 0 Å². The minimum Gasteiger partial charge on any atom is -0.459 e. The molecule has 0 saturated carbocycles. The van der Waals surface area contributed by atoms with Gasteiger partial charge in [0.25, 0.3) is 5.91 Å². The fourth-order valence-corrected chi connectivity index (χ4v) is 2.27. The molecule has 2 aromatic heterocycles. The van der Waals surface area contributed by atoms with Gasteiger partial charge in [0.05, 0.1) is 6.26 Å². The van der Waals surface area contributed by atoms with Gasteiger partial charge in [0, 0.05) is 31.9 Å². The Labute approximate surface area is 128 Å². The summed E-state index contributed by atoms with van der Waals surface area (Å²) < 4.78 is 7.14. The highest BCUT2D eigenvalue weighted by Crippen LogP contribution is 2.06. The van der Waals surface area contributed by atoms with E-state index in [0.717, 1.165) is 12.4 Å². The molecule has 0 unspecified atom stereocenters. The molecule has 0 bridgehead atoms. The quantitative estimate of drug-likeness (QED) is 0.760. The summed E-state index contributed by atoms with van der Waals surface area (Å²) in [6, 6.07) is 13.6. The summed E-state index contributed by atoms with van der Waals surface area (Å²) in [5.74, 6) is 1.07. The zero-order valence-electron chi connectivity index (χ0n) is 12.1. The van der Waals surface area contributed by atoms with Gasteiger partial charge in [0.2, 0.25) is 0 Å². The highest BCUT2D eigenvalue weighted by atomic mass is 16.3. The number of aromatic nitrogens is 2. The van der Waals surface area contributed by atoms with Crippen molar-refractivity contribution >= 4 is 5.91 Å². The smallest absolute Gasteiger partial charge is 0.286 e. The number of hydrogen-bond donors (Lipinski definition) is 1. The van der Waals surface area contributed by atoms with Gasteiger partial charge in [-0.3, -0.25) is 4.79 Å². The molecule has 3 aromatic rings. The van der Waals surface area contributed by atoms with Gasteiger partial charge in [-0.15, -0.1) is 0 Å². The molecule has 1 aromatic carbocycles. The fraction of sp³-hybridized carbons (Fsp3) is 0.176. The topological polar surface area (TPSA) is 60.1 Å². The summed E-state index contributed by atoms with van der Waals surface area (Å²) in [5.41, 5.74) is 1.22. The van der Waals surface area contributed by atoms with Crippen LogP contribution in [-0.2, 0) is 13.0 Å². The number of nitrogens with one attached hydrogen (secondary N) is 1. The van der Waals surface area contributed by atoms with Crippen molar-refractivity contribution in [2.45, 2.75) is 13.0 Å². The van der Waals surface area contributed by atoms with Crippen molar-refractivity contribution in [1.29, 1.82) is 0 Å². The van der Waals surface area contributed by atoms with E-state index in [1.165, 1.54) is 11.8 Å². The fourth-order valence-electron chi connectivity index (χ4n) is 2.27. The number of hydrogen-bond acceptors (Lipinski definition) is 3. The molecule has 0 radical (unpaired) electrons. The van der Waals surface area contributed by atoms with E-state index in [1.54, 1.807) is 18.3 Å². The van der Waals surface area contributed by atoms with E-state index < -0.39 is 0 Å². The van der Waals surface area contributed by atoms with Crippen LogP contribution in [0.5, 0.6) is 0 Å². The molecule has 22 heavy (non-hydrogen) atoms. The average molecular weight is 295 g/mol. The number of imidazole rings is 1. The molecule has 0 saturated heterocycles. The molecule has 5 heteroatoms. The second-order valence-corrected chi connectivity index (χ2v) is 4.94. The predicted octanol–water partition coefficient (Wildman–Crippen LogP) is 2.50. The highest BCUT2D eigenvalue weighted by molar-refractivity contribution is 5.91. The third-order valence-corrected chi connectivity index (χ3v) is 3.38. The maximum atomic E-state index is 11.8. The third kappa shape index (κ3) is 3.44. The molecule has 0 aliphatic rings. The first-order valence-electron chi connectivity index (χ1n) is 7.18. The first-order chi connectivity index (χ1) is 10.8. The molecule has 1 amide bonds. The Bertz CT molecular complexity index is 717. The van der Waals surface area contributed by atoms with E-state index in [4.69, 9.17) is 4.42 Å². The normalized spacial score (nSPS) is 10.5. The van der Waals surface area contributed by atoms with Gasteiger partial charge < -0.3 is 14.3 Å². The van der Waals surface area contributed by atoms with Crippen molar-refractivity contribution in [2.24, 2.45) is 0 Å². The maximum absolute atomic E-state index is 11.8. The minimum absolute atomic E-state index is 0.203. The molecule has 0 aliphatic carbocycles. The Morgan fingerprint density at radius 2 is 2.05 bits per heavy atom. The van der Waals surface area contributed by atoms with E-state index in [9.17, 15) is 4.79 Å². The summed E-state index contributed by atoms with van der Waals surface area (Å²) in [4.78, 5) is 16.1. The van der Waals surface area contributed by atoms with E-state index in [0.29, 0.717) is 18.7 Å². The van der Waals surface area contributed by atoms with Gasteiger partial charge in [0.1, 0.15) is 5.82 Å². The average Bonchev–Trinajstić information content (AvgIpc) is 3.20. The molecule has 0 fully saturated rings. The Kier molecular flexibility index (Phi) is 4.34. The number of carbonyl (C=O) groups is 1. The molecule has 112 valence electrons. The molecule has 5 nitrogen and oxygen atoms in total. The van der Waals surface area contributed by atoms with Crippen LogP contribution < -0.4 is 5.32 Å². The molecule has 0 aliphatic heterocycles. The van der Waals surface area contributed by atoms with E-state index in [1.807, 2.05) is 24.4 Å². The number of nitrogens with zero attached hydrogens (tertiary/aromatic N) is 2. The van der Waals surface area contributed by atoms with Gasteiger partial charge in [-0.2, -0.15) is 0 Å². The van der Waals surface area contributed by atoms with E-state index in [2.05, 4.69) is 27.0 Å². The zero-order chi connectivity index (χ0) is 15.2. The first kappa shape index (κ1) is 14.1. The summed E-state index contributed by atoms with van der Waals surface area (Å²) in [6.45, 7) is 1.30. The lowest BCUT2D eigenvalue weighted by Crippen LogP contribution is -2.26. The molecule has 0 spiro atoms. The summed E-state index contributed by atoms with van der Waals surface area (Å²) in [6.07, 6.45) is 5.90. The number of carbonyl (C=O) groups excluding carboxylic acids is 1. The van der Waals surface area contributed by atoms with Crippen LogP contribution in [0.2, 0.25) is 0 Å². The van der Waals surface area contributed by atoms with Gasteiger partial charge in [-0.25, -0.2) is 4.98 Å². The molecular formula is C17H17N3O2. The number of furan rings is 1. The second-order valence-electron chi connectivity index (χ2n) is 4.94. The Morgan fingerprint density at radius 1 is 1.18 bits per heavy atom. The van der Waals surface area contributed by atoms with Crippen molar-refractivity contribution in [3.05, 3.63) is 78.3 Å². The van der Waals surface area contributed by atoms with Gasteiger partial charge in [-0.05, 0) is 17.7 Å². The highest BCUT2D eigenvalue weighted by Gasteiger charge is 2.08. The molecule has 0 atom stereocenters. The summed E-state index contributed by atoms with van der Waals surface area (Å²) >= 11 is 0. The van der Waals surface area contributed by atoms with Crippen LogP contribution in [0.1, 0.15) is 21.9 Å².